The van der Waals surface area contributed by atoms with Crippen LogP contribution in [0.3, 0.4) is 0 Å². The first-order valence-corrected chi connectivity index (χ1v) is 9.12. The lowest BCUT2D eigenvalue weighted by molar-refractivity contribution is 0.0651. The fraction of sp³-hybridized carbons (Fsp3) is 0.421. The summed E-state index contributed by atoms with van der Waals surface area (Å²) >= 11 is 1.75. The maximum atomic E-state index is 12.9. The average molecular weight is 341 g/mol. The summed E-state index contributed by atoms with van der Waals surface area (Å²) in [5.41, 5.74) is 3.02. The summed E-state index contributed by atoms with van der Waals surface area (Å²) in [6, 6.07) is 6.23. The van der Waals surface area contributed by atoms with E-state index in [0.29, 0.717) is 6.54 Å². The molecule has 0 saturated carbocycles. The summed E-state index contributed by atoms with van der Waals surface area (Å²) in [5.74, 6) is 2.81. The molecule has 0 aromatic carbocycles. The van der Waals surface area contributed by atoms with Gasteiger partial charge in [-0.15, -0.1) is 17.8 Å². The van der Waals surface area contributed by atoms with Gasteiger partial charge in [-0.3, -0.25) is 9.69 Å². The first kappa shape index (κ1) is 16.8. The standard InChI is InChI=1S/C19H23N3OS/c1-4-7-20-8-10-21(11-9-20)19(23)18-13-15(2)22(16(18)3)14-17-6-5-12-24-17/h1,5-6,12-13H,7-11,14H2,2-3H3. The Labute approximate surface area is 147 Å². The predicted molar refractivity (Wildman–Crippen MR) is 98.5 cm³/mol. The van der Waals surface area contributed by atoms with Crippen LogP contribution in [-0.4, -0.2) is 53.0 Å². The Morgan fingerprint density at radius 1 is 1.29 bits per heavy atom. The molecule has 24 heavy (non-hydrogen) atoms. The van der Waals surface area contributed by atoms with E-state index in [1.807, 2.05) is 17.9 Å². The largest absolute Gasteiger partial charge is 0.343 e. The number of aromatic nitrogens is 1. The number of amides is 1. The molecular formula is C19H23N3OS. The Balaban J connectivity index is 1.73. The van der Waals surface area contributed by atoms with E-state index >= 15 is 0 Å². The van der Waals surface area contributed by atoms with Crippen molar-refractivity contribution in [2.24, 2.45) is 0 Å². The van der Waals surface area contributed by atoms with Crippen molar-refractivity contribution in [3.63, 3.8) is 0 Å². The summed E-state index contributed by atoms with van der Waals surface area (Å²) in [4.78, 5) is 18.4. The molecule has 1 fully saturated rings. The van der Waals surface area contributed by atoms with Gasteiger partial charge in [-0.2, -0.15) is 0 Å². The van der Waals surface area contributed by atoms with E-state index in [9.17, 15) is 4.79 Å². The molecule has 5 heteroatoms. The summed E-state index contributed by atoms with van der Waals surface area (Å²) in [5, 5.41) is 2.09. The zero-order chi connectivity index (χ0) is 17.1. The van der Waals surface area contributed by atoms with Gasteiger partial charge in [-0.25, -0.2) is 0 Å². The predicted octanol–water partition coefficient (Wildman–Crippen LogP) is 2.61. The molecule has 0 spiro atoms. The van der Waals surface area contributed by atoms with Gasteiger partial charge in [0, 0.05) is 42.4 Å². The molecule has 0 radical (unpaired) electrons. The van der Waals surface area contributed by atoms with E-state index in [4.69, 9.17) is 6.42 Å². The van der Waals surface area contributed by atoms with Crippen LogP contribution in [0.4, 0.5) is 0 Å². The van der Waals surface area contributed by atoms with E-state index in [-0.39, 0.29) is 5.91 Å². The van der Waals surface area contributed by atoms with Gasteiger partial charge >= 0.3 is 0 Å². The monoisotopic (exact) mass is 341 g/mol. The fourth-order valence-electron chi connectivity index (χ4n) is 3.23. The van der Waals surface area contributed by atoms with E-state index in [1.54, 1.807) is 11.3 Å². The van der Waals surface area contributed by atoms with Crippen LogP contribution in [-0.2, 0) is 6.54 Å². The van der Waals surface area contributed by atoms with Gasteiger partial charge in [0.1, 0.15) is 0 Å². The van der Waals surface area contributed by atoms with Crippen molar-refractivity contribution in [3.05, 3.63) is 45.4 Å². The number of hydrogen-bond donors (Lipinski definition) is 0. The van der Waals surface area contributed by atoms with Crippen LogP contribution < -0.4 is 0 Å². The molecule has 4 nitrogen and oxygen atoms in total. The lowest BCUT2D eigenvalue weighted by Crippen LogP contribution is -2.48. The molecule has 1 aliphatic heterocycles. The smallest absolute Gasteiger partial charge is 0.255 e. The van der Waals surface area contributed by atoms with Gasteiger partial charge in [0.15, 0.2) is 0 Å². The molecule has 1 amide bonds. The second-order valence-electron chi connectivity index (χ2n) is 6.22. The molecule has 0 atom stereocenters. The molecular weight excluding hydrogens is 318 g/mol. The third kappa shape index (κ3) is 3.40. The summed E-state index contributed by atoms with van der Waals surface area (Å²) in [7, 11) is 0. The third-order valence-electron chi connectivity index (χ3n) is 4.67. The van der Waals surface area contributed by atoms with Gasteiger partial charge in [0.2, 0.25) is 0 Å². The number of nitrogens with zero attached hydrogens (tertiary/aromatic N) is 3. The summed E-state index contributed by atoms with van der Waals surface area (Å²) < 4.78 is 2.23. The van der Waals surface area contributed by atoms with Crippen LogP contribution in [0.1, 0.15) is 26.6 Å². The molecule has 3 rings (SSSR count). The van der Waals surface area contributed by atoms with Crippen molar-refractivity contribution < 1.29 is 4.79 Å². The van der Waals surface area contributed by atoms with Crippen molar-refractivity contribution >= 4 is 17.2 Å². The molecule has 3 heterocycles. The highest BCUT2D eigenvalue weighted by atomic mass is 32.1. The van der Waals surface area contributed by atoms with Gasteiger partial charge in [-0.1, -0.05) is 12.0 Å². The number of aryl methyl sites for hydroxylation is 1. The Bertz CT molecular complexity index is 746. The summed E-state index contributed by atoms with van der Waals surface area (Å²) in [6.07, 6.45) is 5.37. The highest BCUT2D eigenvalue weighted by Gasteiger charge is 2.24. The molecule has 0 N–H and O–H groups in total. The number of hydrogen-bond acceptors (Lipinski definition) is 3. The van der Waals surface area contributed by atoms with Crippen molar-refractivity contribution in [3.8, 4) is 12.3 Å². The number of piperazine rings is 1. The normalized spacial score (nSPS) is 15.5. The Morgan fingerprint density at radius 2 is 2.04 bits per heavy atom. The van der Waals surface area contributed by atoms with E-state index in [2.05, 4.69) is 39.8 Å². The number of carbonyl (C=O) groups excluding carboxylic acids is 1. The van der Waals surface area contributed by atoms with Gasteiger partial charge in [0.25, 0.3) is 5.91 Å². The second kappa shape index (κ2) is 7.25. The Morgan fingerprint density at radius 3 is 2.67 bits per heavy atom. The minimum absolute atomic E-state index is 0.140. The van der Waals surface area contributed by atoms with E-state index in [1.165, 1.54) is 4.88 Å². The third-order valence-corrected chi connectivity index (χ3v) is 5.53. The van der Waals surface area contributed by atoms with Crippen LogP contribution in [0.15, 0.2) is 23.6 Å². The Kier molecular flexibility index (Phi) is 5.08. The van der Waals surface area contributed by atoms with Crippen molar-refractivity contribution in [2.75, 3.05) is 32.7 Å². The molecule has 1 aliphatic rings. The first-order chi connectivity index (χ1) is 11.6. The fourth-order valence-corrected chi connectivity index (χ4v) is 3.92. The Hall–Kier alpha value is -2.03. The van der Waals surface area contributed by atoms with Gasteiger partial charge in [-0.05, 0) is 31.4 Å². The minimum Gasteiger partial charge on any atom is -0.343 e. The van der Waals surface area contributed by atoms with Crippen molar-refractivity contribution in [1.29, 1.82) is 0 Å². The zero-order valence-electron chi connectivity index (χ0n) is 14.3. The summed E-state index contributed by atoms with van der Waals surface area (Å²) in [6.45, 7) is 8.80. The van der Waals surface area contributed by atoms with Crippen LogP contribution in [0, 0.1) is 26.2 Å². The highest BCUT2D eigenvalue weighted by Crippen LogP contribution is 2.21. The molecule has 2 aromatic rings. The SMILES string of the molecule is C#CCN1CCN(C(=O)c2cc(C)n(Cc3cccs3)c2C)CC1. The van der Waals surface area contributed by atoms with E-state index < -0.39 is 0 Å². The van der Waals surface area contributed by atoms with Crippen LogP contribution in [0.2, 0.25) is 0 Å². The molecule has 0 bridgehead atoms. The molecule has 0 unspecified atom stereocenters. The maximum Gasteiger partial charge on any atom is 0.255 e. The van der Waals surface area contributed by atoms with Gasteiger partial charge in [0.05, 0.1) is 18.7 Å². The molecule has 1 saturated heterocycles. The highest BCUT2D eigenvalue weighted by molar-refractivity contribution is 7.09. The lowest BCUT2D eigenvalue weighted by atomic mass is 10.2. The number of rotatable bonds is 4. The molecule has 0 aliphatic carbocycles. The number of terminal acetylenes is 1. The second-order valence-corrected chi connectivity index (χ2v) is 7.26. The van der Waals surface area contributed by atoms with Crippen molar-refractivity contribution in [1.82, 2.24) is 14.4 Å². The maximum absolute atomic E-state index is 12.9. The average Bonchev–Trinajstić information content (AvgIpc) is 3.19. The van der Waals surface area contributed by atoms with Crippen molar-refractivity contribution in [2.45, 2.75) is 20.4 Å². The molecule has 126 valence electrons. The van der Waals surface area contributed by atoms with Crippen LogP contribution >= 0.6 is 11.3 Å². The van der Waals surface area contributed by atoms with Gasteiger partial charge < -0.3 is 9.47 Å². The quantitative estimate of drug-likeness (QED) is 0.800. The van der Waals surface area contributed by atoms with Crippen LogP contribution in [0.25, 0.3) is 0 Å². The topological polar surface area (TPSA) is 28.5 Å². The number of carbonyl (C=O) groups is 1. The lowest BCUT2D eigenvalue weighted by Gasteiger charge is -2.33. The van der Waals surface area contributed by atoms with E-state index in [0.717, 1.165) is 49.7 Å². The molecule has 2 aromatic heterocycles. The minimum atomic E-state index is 0.140. The number of thiophene rings is 1. The van der Waals surface area contributed by atoms with Crippen LogP contribution in [0.5, 0.6) is 0 Å². The first-order valence-electron chi connectivity index (χ1n) is 8.24. The zero-order valence-corrected chi connectivity index (χ0v) is 15.1.